The SMILES string of the molecule is CP(C)(C)(C=O)c1ccccc1. The van der Waals surface area contributed by atoms with Crippen molar-refractivity contribution in [2.45, 2.75) is 0 Å². The summed E-state index contributed by atoms with van der Waals surface area (Å²) in [7, 11) is 0. The summed E-state index contributed by atoms with van der Waals surface area (Å²) in [5, 5.41) is 1.18. The second-order valence-corrected chi connectivity index (χ2v) is 10.9. The molecule has 0 unspecified atom stereocenters. The van der Waals surface area contributed by atoms with Gasteiger partial charge in [0, 0.05) is 0 Å². The van der Waals surface area contributed by atoms with Crippen molar-refractivity contribution in [3.8, 4) is 0 Å². The van der Waals surface area contributed by atoms with E-state index in [9.17, 15) is 4.79 Å². The van der Waals surface area contributed by atoms with Crippen LogP contribution in [0.15, 0.2) is 30.3 Å². The Bertz CT molecular complexity index is 282. The van der Waals surface area contributed by atoms with E-state index >= 15 is 0 Å². The molecule has 0 fully saturated rings. The number of benzene rings is 1. The topological polar surface area (TPSA) is 17.1 Å². The summed E-state index contributed by atoms with van der Waals surface area (Å²) < 4.78 is 0. The van der Waals surface area contributed by atoms with E-state index in [1.165, 1.54) is 5.30 Å². The summed E-state index contributed by atoms with van der Waals surface area (Å²) in [4.78, 5) is 11.0. The third-order valence-electron chi connectivity index (χ3n) is 2.05. The maximum absolute atomic E-state index is 11.0. The molecule has 1 aromatic rings. The first-order valence-corrected chi connectivity index (χ1v) is 7.62. The fourth-order valence-corrected chi connectivity index (χ4v) is 2.38. The molecule has 0 radical (unpaired) electrons. The molecule has 0 saturated carbocycles. The van der Waals surface area contributed by atoms with Gasteiger partial charge in [0.15, 0.2) is 0 Å². The van der Waals surface area contributed by atoms with Crippen molar-refractivity contribution in [1.29, 1.82) is 0 Å². The monoisotopic (exact) mass is 182 g/mol. The fraction of sp³-hybridized carbons (Fsp3) is 0.300. The van der Waals surface area contributed by atoms with Crippen molar-refractivity contribution in [1.82, 2.24) is 0 Å². The third kappa shape index (κ3) is 1.73. The van der Waals surface area contributed by atoms with Crippen LogP contribution in [0.4, 0.5) is 0 Å². The second kappa shape index (κ2) is 2.67. The maximum atomic E-state index is 11.0. The molecule has 0 amide bonds. The fourth-order valence-electron chi connectivity index (χ4n) is 1.02. The van der Waals surface area contributed by atoms with Crippen LogP contribution in [0, 0.1) is 0 Å². The summed E-state index contributed by atoms with van der Waals surface area (Å²) in [6, 6.07) is 11.1. The summed E-state index contributed by atoms with van der Waals surface area (Å²) in [5.74, 6) is 0. The van der Waals surface area contributed by atoms with Crippen molar-refractivity contribution >= 4 is 17.9 Å². The standard InChI is InChI=1S/C10H15OP/c1-12(2,3,9-11)10-7-5-4-6-8-10/h4-9H,1-3H3. The van der Waals surface area contributed by atoms with Gasteiger partial charge in [-0.05, 0) is 0 Å². The van der Waals surface area contributed by atoms with Gasteiger partial charge in [0.05, 0.1) is 0 Å². The van der Waals surface area contributed by atoms with Gasteiger partial charge in [-0.3, -0.25) is 0 Å². The quantitative estimate of drug-likeness (QED) is 0.504. The summed E-state index contributed by atoms with van der Waals surface area (Å²) >= 11 is 0. The zero-order valence-corrected chi connectivity index (χ0v) is 8.71. The summed E-state index contributed by atoms with van der Waals surface area (Å²) in [6.07, 6.45) is 0. The van der Waals surface area contributed by atoms with E-state index < -0.39 is 6.60 Å². The van der Waals surface area contributed by atoms with Crippen LogP contribution in [0.3, 0.4) is 0 Å². The Labute approximate surface area is 73.7 Å². The minimum absolute atomic E-state index is 1.13. The molecule has 0 spiro atoms. The molecule has 0 aliphatic rings. The Kier molecular flexibility index (Phi) is 2.09. The van der Waals surface area contributed by atoms with Crippen molar-refractivity contribution in [2.75, 3.05) is 20.0 Å². The van der Waals surface area contributed by atoms with Crippen LogP contribution in [0.1, 0.15) is 0 Å². The van der Waals surface area contributed by atoms with Crippen LogP contribution in [-0.4, -0.2) is 26.0 Å². The Hall–Kier alpha value is -0.680. The van der Waals surface area contributed by atoms with E-state index in [1.54, 1.807) is 0 Å². The van der Waals surface area contributed by atoms with Gasteiger partial charge in [-0.2, -0.15) is 0 Å². The molecule has 1 nitrogen and oxygen atoms in total. The van der Waals surface area contributed by atoms with E-state index in [0.717, 1.165) is 6.03 Å². The Morgan fingerprint density at radius 2 is 1.58 bits per heavy atom. The average Bonchev–Trinajstić information content (AvgIpc) is 2.06. The first-order chi connectivity index (χ1) is 5.44. The first-order valence-electron chi connectivity index (χ1n) is 3.97. The minimum atomic E-state index is -2.20. The molecule has 0 bridgehead atoms. The van der Waals surface area contributed by atoms with E-state index in [0.29, 0.717) is 0 Å². The predicted molar refractivity (Wildman–Crippen MR) is 57.5 cm³/mol. The number of carbonyl (C=O) groups is 1. The van der Waals surface area contributed by atoms with Crippen LogP contribution < -0.4 is 5.30 Å². The number of hydrogen-bond acceptors (Lipinski definition) is 1. The summed E-state index contributed by atoms with van der Waals surface area (Å²) in [5.41, 5.74) is 0. The molecule has 0 aromatic heterocycles. The molecule has 0 atom stereocenters. The Balaban J connectivity index is 3.23. The Morgan fingerprint density at radius 3 is 2.00 bits per heavy atom. The van der Waals surface area contributed by atoms with Gasteiger partial charge in [-0.25, -0.2) is 0 Å². The molecule has 12 heavy (non-hydrogen) atoms. The van der Waals surface area contributed by atoms with Gasteiger partial charge in [-0.15, -0.1) is 0 Å². The van der Waals surface area contributed by atoms with Crippen LogP contribution in [0.25, 0.3) is 0 Å². The molecule has 1 rings (SSSR count). The normalized spacial score (nSPS) is 14.8. The third-order valence-corrected chi connectivity index (χ3v) is 4.93. The number of rotatable bonds is 2. The van der Waals surface area contributed by atoms with Crippen LogP contribution in [0.2, 0.25) is 0 Å². The average molecular weight is 182 g/mol. The zero-order chi connectivity index (χ0) is 9.27. The van der Waals surface area contributed by atoms with E-state index in [2.05, 4.69) is 20.0 Å². The van der Waals surface area contributed by atoms with Gasteiger partial charge >= 0.3 is 73.1 Å². The van der Waals surface area contributed by atoms with E-state index in [1.807, 2.05) is 30.3 Å². The number of hydrogen-bond donors (Lipinski definition) is 0. The van der Waals surface area contributed by atoms with E-state index in [-0.39, 0.29) is 0 Å². The molecule has 0 aliphatic heterocycles. The molecular formula is C10H15OP. The van der Waals surface area contributed by atoms with Gasteiger partial charge in [-0.1, -0.05) is 0 Å². The van der Waals surface area contributed by atoms with E-state index in [4.69, 9.17) is 0 Å². The van der Waals surface area contributed by atoms with Gasteiger partial charge in [0.1, 0.15) is 0 Å². The van der Waals surface area contributed by atoms with Crippen molar-refractivity contribution in [3.63, 3.8) is 0 Å². The summed E-state index contributed by atoms with van der Waals surface area (Å²) in [6.45, 7) is 3.99. The predicted octanol–water partition coefficient (Wildman–Crippen LogP) is 1.94. The molecule has 0 saturated heterocycles. The van der Waals surface area contributed by atoms with Crippen LogP contribution >= 0.6 is 6.60 Å². The van der Waals surface area contributed by atoms with Gasteiger partial charge in [0.25, 0.3) is 0 Å². The second-order valence-electron chi connectivity index (χ2n) is 4.36. The Morgan fingerprint density at radius 1 is 1.08 bits per heavy atom. The van der Waals surface area contributed by atoms with Crippen LogP contribution in [0.5, 0.6) is 0 Å². The molecular weight excluding hydrogens is 167 g/mol. The van der Waals surface area contributed by atoms with Crippen molar-refractivity contribution in [2.24, 2.45) is 0 Å². The number of carbonyl (C=O) groups excluding carboxylic acids is 1. The first kappa shape index (κ1) is 9.41. The molecule has 0 heterocycles. The molecule has 0 N–H and O–H groups in total. The molecule has 66 valence electrons. The van der Waals surface area contributed by atoms with Crippen molar-refractivity contribution in [3.05, 3.63) is 30.3 Å². The van der Waals surface area contributed by atoms with Crippen LogP contribution in [-0.2, 0) is 4.79 Å². The molecule has 2 heteroatoms. The molecule has 0 aliphatic carbocycles. The van der Waals surface area contributed by atoms with Gasteiger partial charge in [0.2, 0.25) is 0 Å². The van der Waals surface area contributed by atoms with Crippen molar-refractivity contribution < 1.29 is 4.79 Å². The zero-order valence-electron chi connectivity index (χ0n) is 7.82. The van der Waals surface area contributed by atoms with Gasteiger partial charge < -0.3 is 0 Å². The molecule has 1 aromatic carbocycles.